The van der Waals surface area contributed by atoms with Crippen LogP contribution in [-0.2, 0) is 12.8 Å². The standard InChI is InChI=1S/C14H18ClN3O/c1-2-3-12(16)9-14-17-13(18-19-14)8-10-4-6-11(15)7-5-10/h4-7,12H,2-3,8-9,16H2,1H3. The van der Waals surface area contributed by atoms with Crippen LogP contribution >= 0.6 is 11.6 Å². The SMILES string of the molecule is CCCC(N)Cc1nc(Cc2ccc(Cl)cc2)no1. The molecule has 1 aromatic heterocycles. The molecular weight excluding hydrogens is 262 g/mol. The summed E-state index contributed by atoms with van der Waals surface area (Å²) >= 11 is 5.84. The predicted molar refractivity (Wildman–Crippen MR) is 75.1 cm³/mol. The molecule has 102 valence electrons. The van der Waals surface area contributed by atoms with E-state index in [-0.39, 0.29) is 6.04 Å². The lowest BCUT2D eigenvalue weighted by molar-refractivity contribution is 0.361. The van der Waals surface area contributed by atoms with Gasteiger partial charge in [0.15, 0.2) is 5.82 Å². The Morgan fingerprint density at radius 1 is 1.32 bits per heavy atom. The Hall–Kier alpha value is -1.39. The first-order valence-electron chi connectivity index (χ1n) is 6.49. The number of benzene rings is 1. The molecule has 1 atom stereocenters. The lowest BCUT2D eigenvalue weighted by Crippen LogP contribution is -2.22. The van der Waals surface area contributed by atoms with E-state index < -0.39 is 0 Å². The highest BCUT2D eigenvalue weighted by atomic mass is 35.5. The smallest absolute Gasteiger partial charge is 0.228 e. The summed E-state index contributed by atoms with van der Waals surface area (Å²) in [6, 6.07) is 7.72. The molecule has 0 aliphatic carbocycles. The highest BCUT2D eigenvalue weighted by Crippen LogP contribution is 2.13. The third kappa shape index (κ3) is 4.33. The Kier molecular flexibility index (Phi) is 4.93. The molecule has 0 fully saturated rings. The first-order chi connectivity index (χ1) is 9.17. The molecule has 0 aliphatic rings. The predicted octanol–water partition coefficient (Wildman–Crippen LogP) is 2.98. The molecule has 4 nitrogen and oxygen atoms in total. The van der Waals surface area contributed by atoms with Gasteiger partial charge < -0.3 is 10.3 Å². The van der Waals surface area contributed by atoms with Gasteiger partial charge in [-0.05, 0) is 24.1 Å². The molecule has 1 heterocycles. The van der Waals surface area contributed by atoms with Crippen molar-refractivity contribution in [2.75, 3.05) is 0 Å². The molecule has 0 aliphatic heterocycles. The van der Waals surface area contributed by atoms with Gasteiger partial charge in [0, 0.05) is 23.9 Å². The fourth-order valence-electron chi connectivity index (χ4n) is 1.93. The summed E-state index contributed by atoms with van der Waals surface area (Å²) in [5.74, 6) is 1.30. The van der Waals surface area contributed by atoms with Crippen LogP contribution in [0.3, 0.4) is 0 Å². The van der Waals surface area contributed by atoms with E-state index >= 15 is 0 Å². The van der Waals surface area contributed by atoms with Gasteiger partial charge in [-0.3, -0.25) is 0 Å². The maximum atomic E-state index is 5.95. The van der Waals surface area contributed by atoms with Crippen molar-refractivity contribution in [2.45, 2.75) is 38.6 Å². The highest BCUT2D eigenvalue weighted by Gasteiger charge is 2.11. The van der Waals surface area contributed by atoms with Crippen LogP contribution < -0.4 is 5.73 Å². The van der Waals surface area contributed by atoms with Crippen LogP contribution in [0.1, 0.15) is 37.0 Å². The monoisotopic (exact) mass is 279 g/mol. The van der Waals surface area contributed by atoms with Crippen molar-refractivity contribution in [1.82, 2.24) is 10.1 Å². The van der Waals surface area contributed by atoms with E-state index in [1.165, 1.54) is 0 Å². The van der Waals surface area contributed by atoms with E-state index in [0.29, 0.717) is 24.6 Å². The van der Waals surface area contributed by atoms with Crippen LogP contribution in [0.2, 0.25) is 5.02 Å². The second kappa shape index (κ2) is 6.68. The number of nitrogens with zero attached hydrogens (tertiary/aromatic N) is 2. The molecule has 2 rings (SSSR count). The van der Waals surface area contributed by atoms with Gasteiger partial charge in [-0.1, -0.05) is 42.2 Å². The highest BCUT2D eigenvalue weighted by molar-refractivity contribution is 6.30. The molecular formula is C14H18ClN3O. The maximum absolute atomic E-state index is 5.95. The largest absolute Gasteiger partial charge is 0.339 e. The van der Waals surface area contributed by atoms with Crippen LogP contribution in [0, 0.1) is 0 Å². The van der Waals surface area contributed by atoms with Crippen LogP contribution in [0.25, 0.3) is 0 Å². The van der Waals surface area contributed by atoms with Gasteiger partial charge in [0.2, 0.25) is 5.89 Å². The summed E-state index contributed by atoms with van der Waals surface area (Å²) in [6.07, 6.45) is 3.31. The summed E-state index contributed by atoms with van der Waals surface area (Å²) in [7, 11) is 0. The van der Waals surface area contributed by atoms with Gasteiger partial charge in [0.25, 0.3) is 0 Å². The Morgan fingerprint density at radius 2 is 2.05 bits per heavy atom. The minimum atomic E-state index is 0.0915. The van der Waals surface area contributed by atoms with Crippen LogP contribution in [0.4, 0.5) is 0 Å². The Bertz CT molecular complexity index is 510. The molecule has 0 spiro atoms. The van der Waals surface area contributed by atoms with E-state index in [2.05, 4.69) is 17.1 Å². The molecule has 5 heteroatoms. The fraction of sp³-hybridized carbons (Fsp3) is 0.429. The third-order valence-corrected chi connectivity index (χ3v) is 3.13. The summed E-state index contributed by atoms with van der Waals surface area (Å²) in [5, 5.41) is 4.70. The van der Waals surface area contributed by atoms with Gasteiger partial charge >= 0.3 is 0 Å². The minimum Gasteiger partial charge on any atom is -0.339 e. The van der Waals surface area contributed by atoms with E-state index in [1.54, 1.807) is 0 Å². The van der Waals surface area contributed by atoms with Gasteiger partial charge in [-0.15, -0.1) is 0 Å². The van der Waals surface area contributed by atoms with Gasteiger partial charge in [-0.25, -0.2) is 0 Å². The van der Waals surface area contributed by atoms with Crippen molar-refractivity contribution >= 4 is 11.6 Å². The lowest BCUT2D eigenvalue weighted by Gasteiger charge is -2.05. The number of nitrogens with two attached hydrogens (primary N) is 1. The molecule has 0 bridgehead atoms. The average Bonchev–Trinajstić information content (AvgIpc) is 2.80. The summed E-state index contributed by atoms with van der Waals surface area (Å²) in [4.78, 5) is 4.36. The van der Waals surface area contributed by atoms with Crippen LogP contribution in [-0.4, -0.2) is 16.2 Å². The second-order valence-electron chi connectivity index (χ2n) is 4.66. The fourth-order valence-corrected chi connectivity index (χ4v) is 2.05. The summed E-state index contributed by atoms with van der Waals surface area (Å²) in [5.41, 5.74) is 7.06. The zero-order chi connectivity index (χ0) is 13.7. The normalized spacial score (nSPS) is 12.6. The maximum Gasteiger partial charge on any atom is 0.228 e. The van der Waals surface area contributed by atoms with Crippen molar-refractivity contribution in [2.24, 2.45) is 5.73 Å². The van der Waals surface area contributed by atoms with E-state index in [9.17, 15) is 0 Å². The average molecular weight is 280 g/mol. The number of rotatable bonds is 6. The Labute approximate surface area is 118 Å². The van der Waals surface area contributed by atoms with Crippen LogP contribution in [0.15, 0.2) is 28.8 Å². The molecule has 0 saturated heterocycles. The Balaban J connectivity index is 1.95. The number of hydrogen-bond donors (Lipinski definition) is 1. The van der Waals surface area contributed by atoms with Crippen molar-refractivity contribution in [3.05, 3.63) is 46.6 Å². The molecule has 1 unspecified atom stereocenters. The minimum absolute atomic E-state index is 0.0915. The quantitative estimate of drug-likeness (QED) is 0.883. The molecule has 2 N–H and O–H groups in total. The molecule has 0 saturated carbocycles. The topological polar surface area (TPSA) is 64.9 Å². The Morgan fingerprint density at radius 3 is 2.74 bits per heavy atom. The first kappa shape index (κ1) is 14.0. The summed E-state index contributed by atoms with van der Waals surface area (Å²) < 4.78 is 5.21. The van der Waals surface area contributed by atoms with E-state index in [1.807, 2.05) is 24.3 Å². The molecule has 0 radical (unpaired) electrons. The molecule has 1 aromatic carbocycles. The summed E-state index contributed by atoms with van der Waals surface area (Å²) in [6.45, 7) is 2.11. The van der Waals surface area contributed by atoms with Crippen molar-refractivity contribution in [1.29, 1.82) is 0 Å². The number of hydrogen-bond acceptors (Lipinski definition) is 4. The van der Waals surface area contributed by atoms with Gasteiger partial charge in [-0.2, -0.15) is 4.98 Å². The van der Waals surface area contributed by atoms with Crippen LogP contribution in [0.5, 0.6) is 0 Å². The van der Waals surface area contributed by atoms with Crippen molar-refractivity contribution < 1.29 is 4.52 Å². The molecule has 0 amide bonds. The van der Waals surface area contributed by atoms with Crippen molar-refractivity contribution in [3.63, 3.8) is 0 Å². The van der Waals surface area contributed by atoms with E-state index in [0.717, 1.165) is 23.4 Å². The lowest BCUT2D eigenvalue weighted by atomic mass is 10.1. The van der Waals surface area contributed by atoms with E-state index in [4.69, 9.17) is 21.9 Å². The first-order valence-corrected chi connectivity index (χ1v) is 6.86. The molecule has 19 heavy (non-hydrogen) atoms. The second-order valence-corrected chi connectivity index (χ2v) is 5.10. The zero-order valence-electron chi connectivity index (χ0n) is 11.0. The van der Waals surface area contributed by atoms with Crippen molar-refractivity contribution in [3.8, 4) is 0 Å². The third-order valence-electron chi connectivity index (χ3n) is 2.88. The zero-order valence-corrected chi connectivity index (χ0v) is 11.7. The number of aromatic nitrogens is 2. The molecule has 2 aromatic rings. The van der Waals surface area contributed by atoms with Gasteiger partial charge in [0.1, 0.15) is 0 Å². The number of halogens is 1. The van der Waals surface area contributed by atoms with Gasteiger partial charge in [0.05, 0.1) is 0 Å².